The van der Waals surface area contributed by atoms with E-state index in [2.05, 4.69) is 32.6 Å². The molecule has 3 atom stereocenters. The molecule has 0 saturated carbocycles. The molecular weight excluding hydrogens is 452 g/mol. The number of rotatable bonds is 15. The van der Waals surface area contributed by atoms with E-state index >= 15 is 0 Å². The normalized spacial score (nSPS) is 16.7. The lowest BCUT2D eigenvalue weighted by atomic mass is 9.78. The van der Waals surface area contributed by atoms with Crippen LogP contribution in [0.25, 0.3) is 0 Å². The highest BCUT2D eigenvalue weighted by Gasteiger charge is 2.25. The van der Waals surface area contributed by atoms with E-state index in [9.17, 15) is 15.0 Å². The summed E-state index contributed by atoms with van der Waals surface area (Å²) >= 11 is 0. The van der Waals surface area contributed by atoms with Gasteiger partial charge in [0.2, 0.25) is 0 Å². The van der Waals surface area contributed by atoms with Gasteiger partial charge < -0.3 is 33.9 Å². The van der Waals surface area contributed by atoms with E-state index in [1.54, 1.807) is 0 Å². The molecule has 190 valence electrons. The number of aliphatic hydroxyl groups is 2. The van der Waals surface area contributed by atoms with Gasteiger partial charge in [0.1, 0.15) is 49.6 Å². The van der Waals surface area contributed by atoms with Crippen molar-refractivity contribution < 1.29 is 38.7 Å². The first-order valence-electron chi connectivity index (χ1n) is 11.6. The molecule has 3 unspecified atom stereocenters. The first kappa shape index (κ1) is 26.7. The number of hydrogen-bond donors (Lipinski definition) is 2. The Kier molecular flexibility index (Phi) is 9.68. The number of hydrogen-bond acceptors (Lipinski definition) is 8. The zero-order chi connectivity index (χ0) is 25.3. The first-order chi connectivity index (χ1) is 16.8. The summed E-state index contributed by atoms with van der Waals surface area (Å²) in [5.41, 5.74) is 2.07. The highest BCUT2D eigenvalue weighted by molar-refractivity contribution is 5.81. The fourth-order valence-electron chi connectivity index (χ4n) is 3.32. The molecule has 2 aromatic carbocycles. The maximum atomic E-state index is 11.0. The quantitative estimate of drug-likeness (QED) is 0.225. The van der Waals surface area contributed by atoms with E-state index in [1.807, 2.05) is 36.4 Å². The molecule has 0 bridgehead atoms. The lowest BCUT2D eigenvalue weighted by Crippen LogP contribution is -2.28. The van der Waals surface area contributed by atoms with Crippen molar-refractivity contribution in [3.05, 3.63) is 72.3 Å². The van der Waals surface area contributed by atoms with Gasteiger partial charge in [0.25, 0.3) is 0 Å². The standard InChI is InChI=1S/C27H34O8/c1-4-26(30)35-16-22(29)14-31-13-21(28)15-32-23-9-5-19(6-10-23)27(2,3)20-7-11-24(12-8-20)33-17-25-18-34-25/h4-12,21-22,25,28-29H,1,13-18H2,2-3H3. The minimum Gasteiger partial charge on any atom is -0.491 e. The molecular formula is C27H34O8. The SMILES string of the molecule is C=CC(=O)OCC(O)COCC(O)COc1ccc(C(C)(C)c2ccc(OCC3CO3)cc2)cc1. The zero-order valence-corrected chi connectivity index (χ0v) is 20.2. The number of ether oxygens (including phenoxy) is 5. The highest BCUT2D eigenvalue weighted by atomic mass is 16.6. The van der Waals surface area contributed by atoms with E-state index in [4.69, 9.17) is 23.7 Å². The zero-order valence-electron chi connectivity index (χ0n) is 20.2. The number of epoxide rings is 1. The van der Waals surface area contributed by atoms with Crippen LogP contribution in [0.4, 0.5) is 0 Å². The fraction of sp³-hybridized carbons (Fsp3) is 0.444. The third kappa shape index (κ3) is 8.67. The Morgan fingerprint density at radius 2 is 1.49 bits per heavy atom. The van der Waals surface area contributed by atoms with Crippen molar-refractivity contribution in [2.24, 2.45) is 0 Å². The Morgan fingerprint density at radius 3 is 2.00 bits per heavy atom. The van der Waals surface area contributed by atoms with Crippen LogP contribution >= 0.6 is 0 Å². The number of aliphatic hydroxyl groups excluding tert-OH is 2. The number of carbonyl (C=O) groups excluding carboxylic acids is 1. The lowest BCUT2D eigenvalue weighted by Gasteiger charge is -2.26. The van der Waals surface area contributed by atoms with E-state index in [0.717, 1.165) is 29.6 Å². The summed E-state index contributed by atoms with van der Waals surface area (Å²) in [4.78, 5) is 11.0. The van der Waals surface area contributed by atoms with Crippen molar-refractivity contribution in [1.29, 1.82) is 0 Å². The average Bonchev–Trinajstić information content (AvgIpc) is 3.70. The van der Waals surface area contributed by atoms with E-state index in [1.165, 1.54) is 0 Å². The Morgan fingerprint density at radius 1 is 0.971 bits per heavy atom. The predicted molar refractivity (Wildman–Crippen MR) is 130 cm³/mol. The third-order valence-corrected chi connectivity index (χ3v) is 5.64. The van der Waals surface area contributed by atoms with Crippen molar-refractivity contribution in [3.63, 3.8) is 0 Å². The monoisotopic (exact) mass is 486 g/mol. The fourth-order valence-corrected chi connectivity index (χ4v) is 3.32. The second-order valence-electron chi connectivity index (χ2n) is 8.93. The molecule has 8 heteroatoms. The summed E-state index contributed by atoms with van der Waals surface area (Å²) in [7, 11) is 0. The van der Waals surface area contributed by atoms with Gasteiger partial charge in [-0.05, 0) is 35.4 Å². The molecule has 0 aliphatic carbocycles. The van der Waals surface area contributed by atoms with Crippen LogP contribution in [0.5, 0.6) is 11.5 Å². The largest absolute Gasteiger partial charge is 0.491 e. The molecule has 0 spiro atoms. The lowest BCUT2D eigenvalue weighted by molar-refractivity contribution is -0.142. The molecule has 3 rings (SSSR count). The molecule has 2 N–H and O–H groups in total. The second kappa shape index (κ2) is 12.7. The number of esters is 1. The summed E-state index contributed by atoms with van der Waals surface area (Å²) in [6.07, 6.45) is -0.610. The molecule has 1 aliphatic rings. The molecule has 2 aromatic rings. The van der Waals surface area contributed by atoms with Crippen molar-refractivity contribution >= 4 is 5.97 Å². The van der Waals surface area contributed by atoms with Crippen LogP contribution in [-0.2, 0) is 24.4 Å². The van der Waals surface area contributed by atoms with Gasteiger partial charge in [-0.3, -0.25) is 0 Å². The van der Waals surface area contributed by atoms with Gasteiger partial charge in [-0.2, -0.15) is 0 Å². The van der Waals surface area contributed by atoms with Crippen molar-refractivity contribution in [3.8, 4) is 11.5 Å². The molecule has 1 aliphatic heterocycles. The Hall–Kier alpha value is -2.91. The summed E-state index contributed by atoms with van der Waals surface area (Å²) in [5.74, 6) is 0.845. The van der Waals surface area contributed by atoms with Gasteiger partial charge in [-0.1, -0.05) is 44.7 Å². The third-order valence-electron chi connectivity index (χ3n) is 5.64. The van der Waals surface area contributed by atoms with Gasteiger partial charge in [-0.25, -0.2) is 4.79 Å². The number of carbonyl (C=O) groups is 1. The summed E-state index contributed by atoms with van der Waals surface area (Å²) in [6, 6.07) is 15.9. The van der Waals surface area contributed by atoms with Gasteiger partial charge in [0.05, 0.1) is 19.8 Å². The van der Waals surface area contributed by atoms with Gasteiger partial charge in [0, 0.05) is 11.5 Å². The van der Waals surface area contributed by atoms with Crippen LogP contribution in [-0.4, -0.2) is 74.1 Å². The van der Waals surface area contributed by atoms with Crippen LogP contribution in [0.2, 0.25) is 0 Å². The highest BCUT2D eigenvalue weighted by Crippen LogP contribution is 2.33. The summed E-state index contributed by atoms with van der Waals surface area (Å²) < 4.78 is 26.5. The van der Waals surface area contributed by atoms with Gasteiger partial charge >= 0.3 is 5.97 Å². The van der Waals surface area contributed by atoms with Crippen molar-refractivity contribution in [2.75, 3.05) is 39.6 Å². The minimum absolute atomic E-state index is 0.0228. The first-order valence-corrected chi connectivity index (χ1v) is 11.6. The molecule has 0 radical (unpaired) electrons. The van der Waals surface area contributed by atoms with Gasteiger partial charge in [-0.15, -0.1) is 0 Å². The van der Waals surface area contributed by atoms with Crippen LogP contribution < -0.4 is 9.47 Å². The van der Waals surface area contributed by atoms with Crippen LogP contribution in [0.3, 0.4) is 0 Å². The van der Waals surface area contributed by atoms with E-state index < -0.39 is 18.2 Å². The Bertz CT molecular complexity index is 935. The van der Waals surface area contributed by atoms with E-state index in [0.29, 0.717) is 12.4 Å². The molecule has 0 aromatic heterocycles. The predicted octanol–water partition coefficient (Wildman–Crippen LogP) is 2.64. The van der Waals surface area contributed by atoms with Crippen LogP contribution in [0, 0.1) is 0 Å². The molecule has 1 heterocycles. The topological polar surface area (TPSA) is 107 Å². The smallest absolute Gasteiger partial charge is 0.330 e. The Labute approximate surface area is 206 Å². The maximum Gasteiger partial charge on any atom is 0.330 e. The van der Waals surface area contributed by atoms with Crippen molar-refractivity contribution in [2.45, 2.75) is 37.6 Å². The molecule has 1 fully saturated rings. The maximum absolute atomic E-state index is 11.0. The number of benzene rings is 2. The second-order valence-corrected chi connectivity index (χ2v) is 8.93. The molecule has 0 amide bonds. The van der Waals surface area contributed by atoms with Gasteiger partial charge in [0.15, 0.2) is 0 Å². The molecule has 35 heavy (non-hydrogen) atoms. The van der Waals surface area contributed by atoms with Crippen molar-refractivity contribution in [1.82, 2.24) is 0 Å². The average molecular weight is 487 g/mol. The van der Waals surface area contributed by atoms with Crippen LogP contribution in [0.15, 0.2) is 61.2 Å². The Balaban J connectivity index is 1.41. The summed E-state index contributed by atoms with van der Waals surface area (Å²) in [5, 5.41) is 19.7. The van der Waals surface area contributed by atoms with E-state index in [-0.39, 0.29) is 37.9 Å². The summed E-state index contributed by atoms with van der Waals surface area (Å²) in [6.45, 7) is 8.69. The molecule has 1 saturated heterocycles. The molecule has 8 nitrogen and oxygen atoms in total. The van der Waals surface area contributed by atoms with Crippen LogP contribution in [0.1, 0.15) is 25.0 Å². The minimum atomic E-state index is -0.982.